The fraction of sp³-hybridized carbons (Fsp3) is 0.567. The number of amides is 2. The Kier molecular flexibility index (Phi) is 9.64. The third-order valence-electron chi connectivity index (χ3n) is 7.89. The van der Waals surface area contributed by atoms with Crippen LogP contribution in [0, 0.1) is 0 Å². The molecule has 0 aliphatic carbocycles. The average molecular weight is 683 g/mol. The molecular weight excluding hydrogens is 645 g/mol. The van der Waals surface area contributed by atoms with Crippen LogP contribution in [0.1, 0.15) is 45.9 Å². The summed E-state index contributed by atoms with van der Waals surface area (Å²) in [6, 6.07) is 2.36. The molecule has 2 aromatic heterocycles. The number of anilines is 3. The van der Waals surface area contributed by atoms with Gasteiger partial charge in [0.1, 0.15) is 17.8 Å². The lowest BCUT2D eigenvalue weighted by atomic mass is 10.1. The molecule has 2 aliphatic rings. The van der Waals surface area contributed by atoms with E-state index in [4.69, 9.17) is 21.1 Å². The van der Waals surface area contributed by atoms with Gasteiger partial charge >= 0.3 is 12.3 Å². The number of hydrogen-bond donors (Lipinski definition) is 1. The van der Waals surface area contributed by atoms with Gasteiger partial charge in [-0.2, -0.15) is 22.7 Å². The molecule has 0 unspecified atom stereocenters. The molecular formula is C30H38ClF3N8O5. The number of rotatable bonds is 6. The van der Waals surface area contributed by atoms with Crippen LogP contribution >= 0.6 is 11.6 Å². The van der Waals surface area contributed by atoms with Crippen molar-refractivity contribution in [3.05, 3.63) is 44.8 Å². The van der Waals surface area contributed by atoms with E-state index in [1.54, 1.807) is 30.2 Å². The van der Waals surface area contributed by atoms with Crippen LogP contribution in [0.2, 0.25) is 5.02 Å². The lowest BCUT2D eigenvalue weighted by Crippen LogP contribution is -2.56. The molecule has 2 fully saturated rings. The maximum absolute atomic E-state index is 14.1. The number of ether oxygens (including phenoxy) is 2. The van der Waals surface area contributed by atoms with Crippen LogP contribution < -0.4 is 20.7 Å². The van der Waals surface area contributed by atoms with Crippen molar-refractivity contribution in [3.63, 3.8) is 0 Å². The molecule has 0 bridgehead atoms. The minimum atomic E-state index is -4.60. The Morgan fingerprint density at radius 1 is 1.11 bits per heavy atom. The van der Waals surface area contributed by atoms with Gasteiger partial charge in [0.15, 0.2) is 0 Å². The molecule has 0 saturated carbocycles. The third-order valence-corrected chi connectivity index (χ3v) is 8.20. The van der Waals surface area contributed by atoms with Crippen molar-refractivity contribution in [2.45, 2.75) is 65.4 Å². The van der Waals surface area contributed by atoms with E-state index in [2.05, 4.69) is 15.4 Å². The fourth-order valence-corrected chi connectivity index (χ4v) is 5.92. The van der Waals surface area contributed by atoms with Gasteiger partial charge < -0.3 is 34.1 Å². The van der Waals surface area contributed by atoms with Crippen LogP contribution in [0.3, 0.4) is 0 Å². The molecule has 2 saturated heterocycles. The Labute approximate surface area is 274 Å². The molecule has 0 radical (unpaired) electrons. The number of aromatic nitrogens is 4. The van der Waals surface area contributed by atoms with Crippen molar-refractivity contribution in [3.8, 4) is 0 Å². The minimum absolute atomic E-state index is 0.00238. The number of hydrogen-bond acceptors (Lipinski definition) is 9. The maximum atomic E-state index is 14.1. The van der Waals surface area contributed by atoms with Crippen LogP contribution in [0.5, 0.6) is 0 Å². The first kappa shape index (κ1) is 34.3. The first-order valence-electron chi connectivity index (χ1n) is 15.3. The normalized spacial score (nSPS) is 17.7. The van der Waals surface area contributed by atoms with E-state index in [0.717, 1.165) is 18.2 Å². The van der Waals surface area contributed by atoms with Gasteiger partial charge in [0.25, 0.3) is 5.56 Å². The van der Waals surface area contributed by atoms with Crippen LogP contribution in [-0.2, 0) is 33.4 Å². The highest BCUT2D eigenvalue weighted by atomic mass is 35.5. The van der Waals surface area contributed by atoms with Gasteiger partial charge in [0.05, 0.1) is 35.2 Å². The molecule has 2 aliphatic heterocycles. The monoisotopic (exact) mass is 682 g/mol. The average Bonchev–Trinajstić information content (AvgIpc) is 3.44. The second-order valence-corrected chi connectivity index (χ2v) is 12.9. The highest BCUT2D eigenvalue weighted by Gasteiger charge is 2.35. The predicted octanol–water partition coefficient (Wildman–Crippen LogP) is 4.05. The summed E-state index contributed by atoms with van der Waals surface area (Å²) < 4.78 is 53.3. The number of alkyl halides is 3. The van der Waals surface area contributed by atoms with Crippen molar-refractivity contribution >= 4 is 46.7 Å². The van der Waals surface area contributed by atoms with Gasteiger partial charge in [0, 0.05) is 38.8 Å². The van der Waals surface area contributed by atoms with E-state index in [0.29, 0.717) is 69.7 Å². The number of nitrogens with one attached hydrogen (secondary N) is 1. The van der Waals surface area contributed by atoms with Gasteiger partial charge in [-0.05, 0) is 52.3 Å². The zero-order valence-electron chi connectivity index (χ0n) is 26.9. The van der Waals surface area contributed by atoms with Gasteiger partial charge in [-0.25, -0.2) is 4.79 Å². The number of nitrogens with zero attached hydrogens (tertiary/aromatic N) is 7. The lowest BCUT2D eigenvalue weighted by Gasteiger charge is -2.41. The third kappa shape index (κ3) is 7.43. The summed E-state index contributed by atoms with van der Waals surface area (Å²) in [5.74, 6) is -0.171. The number of halogens is 4. The largest absolute Gasteiger partial charge is 0.444 e. The smallest absolute Gasteiger partial charge is 0.416 e. The molecule has 47 heavy (non-hydrogen) atoms. The highest BCUT2D eigenvalue weighted by molar-refractivity contribution is 6.33. The number of carbonyl (C=O) groups excluding carboxylic acids is 2. The summed E-state index contributed by atoms with van der Waals surface area (Å²) in [6.45, 7) is 11.6. The zero-order chi connectivity index (χ0) is 34.3. The minimum Gasteiger partial charge on any atom is -0.444 e. The Balaban J connectivity index is 1.52. The molecule has 4 heterocycles. The molecule has 5 rings (SSSR count). The molecule has 256 valence electrons. The van der Waals surface area contributed by atoms with Gasteiger partial charge in [0.2, 0.25) is 17.6 Å². The zero-order valence-corrected chi connectivity index (χ0v) is 27.6. The Bertz CT molecular complexity index is 1710. The molecule has 3 aromatic rings. The van der Waals surface area contributed by atoms with Crippen molar-refractivity contribution in [2.75, 3.05) is 61.1 Å². The summed E-state index contributed by atoms with van der Waals surface area (Å²) in [4.78, 5) is 50.5. The summed E-state index contributed by atoms with van der Waals surface area (Å²) in [5, 5.41) is 6.85. The van der Waals surface area contributed by atoms with Crippen molar-refractivity contribution < 1.29 is 32.2 Å². The van der Waals surface area contributed by atoms with Gasteiger partial charge in [-0.3, -0.25) is 9.59 Å². The van der Waals surface area contributed by atoms with E-state index in [1.807, 2.05) is 23.6 Å². The molecule has 1 atom stereocenters. The number of carbonyl (C=O) groups is 2. The number of morpholine rings is 1. The number of piperazine rings is 1. The Morgan fingerprint density at radius 2 is 1.81 bits per heavy atom. The fourth-order valence-electron chi connectivity index (χ4n) is 5.69. The van der Waals surface area contributed by atoms with Crippen LogP contribution in [0.25, 0.3) is 5.78 Å². The van der Waals surface area contributed by atoms with Gasteiger partial charge in [-0.15, -0.1) is 5.10 Å². The highest BCUT2D eigenvalue weighted by Crippen LogP contribution is 2.34. The lowest BCUT2D eigenvalue weighted by molar-refractivity contribution is -0.137. The Hall–Kier alpha value is -4.05. The van der Waals surface area contributed by atoms with E-state index in [9.17, 15) is 27.6 Å². The summed E-state index contributed by atoms with van der Waals surface area (Å²) in [7, 11) is 0. The molecule has 1 N–H and O–H groups in total. The number of fused-ring (bicyclic) bond motifs is 1. The number of benzene rings is 1. The molecule has 2 amide bonds. The van der Waals surface area contributed by atoms with Crippen LogP contribution in [0.15, 0.2) is 23.0 Å². The van der Waals surface area contributed by atoms with E-state index in [1.165, 1.54) is 4.52 Å². The topological polar surface area (TPSA) is 127 Å². The predicted molar refractivity (Wildman–Crippen MR) is 169 cm³/mol. The first-order chi connectivity index (χ1) is 22.1. The summed E-state index contributed by atoms with van der Waals surface area (Å²) >= 11 is 6.11. The molecule has 17 heteroatoms. The SMILES string of the molecule is CCc1c(N2CCN(C(=O)OC(C)(C)C)[C@H](C)C2)c(=O)n2nc(N3CCOCC3)nc2n1CC(=O)Nc1ccc(C(F)(F)F)cc1Cl. The molecule has 13 nitrogen and oxygen atoms in total. The van der Waals surface area contributed by atoms with E-state index >= 15 is 0 Å². The Morgan fingerprint density at radius 3 is 2.40 bits per heavy atom. The van der Waals surface area contributed by atoms with Crippen molar-refractivity contribution in [2.24, 2.45) is 0 Å². The van der Waals surface area contributed by atoms with Crippen molar-refractivity contribution in [1.82, 2.24) is 24.1 Å². The van der Waals surface area contributed by atoms with E-state index < -0.39 is 34.9 Å². The quantitative estimate of drug-likeness (QED) is 0.410. The maximum Gasteiger partial charge on any atom is 0.416 e. The summed E-state index contributed by atoms with van der Waals surface area (Å²) in [6.07, 6.45) is -4.71. The first-order valence-corrected chi connectivity index (χ1v) is 15.7. The standard InChI is InChI=1S/C30H38ClF3N8O5/c1-6-22-24(39-9-10-40(18(2)16-39)28(45)47-29(3,4)5)25(44)42-27(36-26(37-42)38-11-13-46-14-12-38)41(22)17-23(43)35-21-8-7-19(15-20(21)31)30(32,33)34/h7-8,15,18H,6,9-14,16-17H2,1-5H3,(H,35,43)/t18-/m1/s1. The molecule has 1 aromatic carbocycles. The van der Waals surface area contributed by atoms with Gasteiger partial charge in [-0.1, -0.05) is 18.5 Å². The second-order valence-electron chi connectivity index (χ2n) is 12.5. The molecule has 0 spiro atoms. The van der Waals surface area contributed by atoms with Crippen molar-refractivity contribution in [1.29, 1.82) is 0 Å². The second kappa shape index (κ2) is 13.2. The summed E-state index contributed by atoms with van der Waals surface area (Å²) in [5.41, 5.74) is -1.21. The van der Waals surface area contributed by atoms with E-state index in [-0.39, 0.29) is 29.1 Å². The van der Waals surface area contributed by atoms with Crippen LogP contribution in [-0.4, -0.2) is 93.6 Å². The van der Waals surface area contributed by atoms with Crippen LogP contribution in [0.4, 0.5) is 35.3 Å².